The molecule has 2 amide bonds. The minimum absolute atomic E-state index is 0.132. The molecule has 2 aromatic rings. The van der Waals surface area contributed by atoms with Crippen LogP contribution in [0.15, 0.2) is 53.0 Å². The summed E-state index contributed by atoms with van der Waals surface area (Å²) in [5.74, 6) is -0.538. The lowest BCUT2D eigenvalue weighted by Gasteiger charge is -2.16. The minimum atomic E-state index is -0.691. The Bertz CT molecular complexity index is 732. The highest BCUT2D eigenvalue weighted by Crippen LogP contribution is 2.23. The fraction of sp³-hybridized carbons (Fsp3) is 0.263. The third kappa shape index (κ3) is 5.99. The van der Waals surface area contributed by atoms with Crippen LogP contribution in [0.4, 0.5) is 0 Å². The Hall–Kier alpha value is -2.18. The number of nitrogens with one attached hydrogen (secondary N) is 2. The molecule has 1 atom stereocenters. The second kappa shape index (κ2) is 9.34. The number of carbonyl (C=O) groups is 2. The van der Waals surface area contributed by atoms with Crippen LogP contribution >= 0.6 is 15.9 Å². The molecule has 0 aliphatic carbocycles. The maximum Gasteiger partial charge on any atom is 0.245 e. The molecule has 6 heteroatoms. The van der Waals surface area contributed by atoms with Crippen molar-refractivity contribution in [1.29, 1.82) is 0 Å². The third-order valence-corrected chi connectivity index (χ3v) is 4.10. The molecule has 0 unspecified atom stereocenters. The molecule has 0 saturated carbocycles. The van der Waals surface area contributed by atoms with Crippen molar-refractivity contribution in [3.05, 3.63) is 58.6 Å². The first kappa shape index (κ1) is 19.1. The van der Waals surface area contributed by atoms with E-state index in [2.05, 4.69) is 32.6 Å². The number of methoxy groups -OCH3 is 1. The zero-order valence-electron chi connectivity index (χ0n) is 14.2. The van der Waals surface area contributed by atoms with Gasteiger partial charge in [-0.25, -0.2) is 0 Å². The predicted octanol–water partition coefficient (Wildman–Crippen LogP) is 2.88. The van der Waals surface area contributed by atoms with Gasteiger partial charge < -0.3 is 15.4 Å². The largest absolute Gasteiger partial charge is 0.382 e. The van der Waals surface area contributed by atoms with Gasteiger partial charge in [0.2, 0.25) is 11.8 Å². The summed E-state index contributed by atoms with van der Waals surface area (Å²) >= 11 is 3.47. The van der Waals surface area contributed by atoms with E-state index < -0.39 is 6.04 Å². The number of halogens is 1. The fourth-order valence-electron chi connectivity index (χ4n) is 2.39. The molecular formula is C19H21BrN2O3. The van der Waals surface area contributed by atoms with Crippen molar-refractivity contribution < 1.29 is 14.3 Å². The number of amides is 2. The molecular weight excluding hydrogens is 384 g/mol. The first-order valence-electron chi connectivity index (χ1n) is 7.88. The molecule has 2 rings (SSSR count). The van der Waals surface area contributed by atoms with Gasteiger partial charge in [-0.3, -0.25) is 9.59 Å². The summed E-state index contributed by atoms with van der Waals surface area (Å²) in [6.45, 7) is 1.89. The van der Waals surface area contributed by atoms with Crippen LogP contribution in [0.5, 0.6) is 0 Å². The number of hydrogen-bond donors (Lipinski definition) is 2. The minimum Gasteiger partial charge on any atom is -0.382 e. The van der Waals surface area contributed by atoms with Gasteiger partial charge >= 0.3 is 0 Å². The van der Waals surface area contributed by atoms with Crippen molar-refractivity contribution in [3.8, 4) is 11.1 Å². The fourth-order valence-corrected chi connectivity index (χ4v) is 2.79. The van der Waals surface area contributed by atoms with Crippen LogP contribution in [-0.2, 0) is 20.9 Å². The van der Waals surface area contributed by atoms with Gasteiger partial charge in [-0.15, -0.1) is 0 Å². The standard InChI is InChI=1S/C19H21BrN2O3/c1-13(23)22-18(12-25-2)19(24)21-11-14-6-8-15(9-7-14)16-4-3-5-17(20)10-16/h3-10,18H,11-12H2,1-2H3,(H,21,24)(H,22,23)/t18-/m1/s1. The molecule has 2 aromatic carbocycles. The van der Waals surface area contributed by atoms with Crippen LogP contribution < -0.4 is 10.6 Å². The lowest BCUT2D eigenvalue weighted by atomic mass is 10.0. The Kier molecular flexibility index (Phi) is 7.16. The Morgan fingerprint density at radius 1 is 1.12 bits per heavy atom. The summed E-state index contributed by atoms with van der Waals surface area (Å²) in [6, 6.07) is 15.4. The van der Waals surface area contributed by atoms with E-state index in [1.165, 1.54) is 14.0 Å². The number of rotatable bonds is 7. The van der Waals surface area contributed by atoms with Crippen LogP contribution in [-0.4, -0.2) is 31.6 Å². The number of carbonyl (C=O) groups excluding carboxylic acids is 2. The number of benzene rings is 2. The van der Waals surface area contributed by atoms with Crippen molar-refractivity contribution in [2.24, 2.45) is 0 Å². The third-order valence-electron chi connectivity index (χ3n) is 3.61. The molecule has 0 bridgehead atoms. The molecule has 2 N–H and O–H groups in total. The summed E-state index contributed by atoms with van der Waals surface area (Å²) in [5, 5.41) is 5.39. The van der Waals surface area contributed by atoms with Gasteiger partial charge in [0.15, 0.2) is 0 Å². The van der Waals surface area contributed by atoms with E-state index in [1.807, 2.05) is 42.5 Å². The molecule has 0 saturated heterocycles. The molecule has 0 aromatic heterocycles. The highest BCUT2D eigenvalue weighted by molar-refractivity contribution is 9.10. The number of hydrogen-bond acceptors (Lipinski definition) is 3. The van der Waals surface area contributed by atoms with Gasteiger partial charge in [-0.1, -0.05) is 52.3 Å². The van der Waals surface area contributed by atoms with Crippen LogP contribution in [0.1, 0.15) is 12.5 Å². The van der Waals surface area contributed by atoms with Crippen molar-refractivity contribution in [2.75, 3.05) is 13.7 Å². The molecule has 132 valence electrons. The molecule has 5 nitrogen and oxygen atoms in total. The zero-order chi connectivity index (χ0) is 18.2. The SMILES string of the molecule is COC[C@@H](NC(C)=O)C(=O)NCc1ccc(-c2cccc(Br)c2)cc1. The van der Waals surface area contributed by atoms with Crippen molar-refractivity contribution in [3.63, 3.8) is 0 Å². The molecule has 0 aliphatic rings. The Morgan fingerprint density at radius 2 is 1.84 bits per heavy atom. The lowest BCUT2D eigenvalue weighted by Crippen LogP contribution is -2.48. The van der Waals surface area contributed by atoms with E-state index in [9.17, 15) is 9.59 Å². The summed E-state index contributed by atoms with van der Waals surface area (Å²) < 4.78 is 6.00. The topological polar surface area (TPSA) is 67.4 Å². The van der Waals surface area contributed by atoms with Crippen molar-refractivity contribution in [1.82, 2.24) is 10.6 Å². The van der Waals surface area contributed by atoms with Crippen molar-refractivity contribution >= 4 is 27.7 Å². The van der Waals surface area contributed by atoms with E-state index in [1.54, 1.807) is 0 Å². The van der Waals surface area contributed by atoms with E-state index >= 15 is 0 Å². The Labute approximate surface area is 155 Å². The molecule has 0 radical (unpaired) electrons. The molecule has 0 heterocycles. The molecule has 0 spiro atoms. The average Bonchev–Trinajstić information content (AvgIpc) is 2.59. The van der Waals surface area contributed by atoms with Gasteiger partial charge in [-0.05, 0) is 28.8 Å². The second-order valence-electron chi connectivity index (χ2n) is 5.63. The van der Waals surface area contributed by atoms with Gasteiger partial charge in [0.05, 0.1) is 6.61 Å². The van der Waals surface area contributed by atoms with E-state index in [-0.39, 0.29) is 18.4 Å². The van der Waals surface area contributed by atoms with Crippen LogP contribution in [0.3, 0.4) is 0 Å². The van der Waals surface area contributed by atoms with Crippen LogP contribution in [0, 0.1) is 0 Å². The summed E-state index contributed by atoms with van der Waals surface area (Å²) in [5.41, 5.74) is 3.20. The van der Waals surface area contributed by atoms with E-state index in [0.29, 0.717) is 6.54 Å². The Balaban J connectivity index is 1.96. The highest BCUT2D eigenvalue weighted by Gasteiger charge is 2.18. The lowest BCUT2D eigenvalue weighted by molar-refractivity contribution is -0.129. The van der Waals surface area contributed by atoms with E-state index in [4.69, 9.17) is 4.74 Å². The van der Waals surface area contributed by atoms with Gasteiger partial charge in [0.1, 0.15) is 6.04 Å². The summed E-state index contributed by atoms with van der Waals surface area (Å²) in [4.78, 5) is 23.3. The van der Waals surface area contributed by atoms with Crippen LogP contribution in [0.25, 0.3) is 11.1 Å². The highest BCUT2D eigenvalue weighted by atomic mass is 79.9. The van der Waals surface area contributed by atoms with Gasteiger partial charge in [0.25, 0.3) is 0 Å². The maximum atomic E-state index is 12.2. The second-order valence-corrected chi connectivity index (χ2v) is 6.55. The first-order chi connectivity index (χ1) is 12.0. The molecule has 0 fully saturated rings. The summed E-state index contributed by atoms with van der Waals surface area (Å²) in [6.07, 6.45) is 0. The number of ether oxygens (including phenoxy) is 1. The van der Waals surface area contributed by atoms with Gasteiger partial charge in [-0.2, -0.15) is 0 Å². The normalized spacial score (nSPS) is 11.6. The maximum absolute atomic E-state index is 12.2. The summed E-state index contributed by atoms with van der Waals surface area (Å²) in [7, 11) is 1.49. The van der Waals surface area contributed by atoms with Crippen LogP contribution in [0.2, 0.25) is 0 Å². The smallest absolute Gasteiger partial charge is 0.245 e. The molecule has 0 aliphatic heterocycles. The average molecular weight is 405 g/mol. The quantitative estimate of drug-likeness (QED) is 0.745. The molecule has 25 heavy (non-hydrogen) atoms. The Morgan fingerprint density at radius 3 is 2.44 bits per heavy atom. The van der Waals surface area contributed by atoms with Crippen molar-refractivity contribution in [2.45, 2.75) is 19.5 Å². The first-order valence-corrected chi connectivity index (χ1v) is 8.67. The predicted molar refractivity (Wildman–Crippen MR) is 101 cm³/mol. The van der Waals surface area contributed by atoms with Gasteiger partial charge in [0, 0.05) is 25.1 Å². The zero-order valence-corrected chi connectivity index (χ0v) is 15.8. The van der Waals surface area contributed by atoms with E-state index in [0.717, 1.165) is 21.2 Å². The monoisotopic (exact) mass is 404 g/mol.